The Morgan fingerprint density at radius 1 is 1.62 bits per heavy atom. The molecule has 0 amide bonds. The van der Waals surface area contributed by atoms with Gasteiger partial charge in [-0.3, -0.25) is 0 Å². The first-order valence-corrected chi connectivity index (χ1v) is 2.53. The van der Waals surface area contributed by atoms with E-state index in [1.165, 1.54) is 0 Å². The lowest BCUT2D eigenvalue weighted by Crippen LogP contribution is -1.33. The molecule has 5 heteroatoms. The summed E-state index contributed by atoms with van der Waals surface area (Å²) in [6.07, 6.45) is 0.750. The van der Waals surface area contributed by atoms with Crippen molar-refractivity contribution in [1.82, 2.24) is 0 Å². The van der Waals surface area contributed by atoms with Gasteiger partial charge in [0.15, 0.2) is 0 Å². The second kappa shape index (κ2) is 10.1. The minimum atomic E-state index is 0.0895. The highest BCUT2D eigenvalue weighted by Gasteiger charge is 1.70. The Balaban J connectivity index is 0. The van der Waals surface area contributed by atoms with E-state index >= 15 is 0 Å². The van der Waals surface area contributed by atoms with Crippen LogP contribution < -0.4 is 0 Å². The predicted molar refractivity (Wildman–Crippen MR) is 34.1 cm³/mol. The smallest absolute Gasteiger partial charge is 0.222 e. The Morgan fingerprint density at radius 3 is 1.75 bits per heavy atom. The minimum Gasteiger partial charge on any atom is -0.222 e. The summed E-state index contributed by atoms with van der Waals surface area (Å²) < 4.78 is 0.0895. The van der Waals surface area contributed by atoms with Crippen LogP contribution in [0.5, 0.6) is 0 Å². The van der Waals surface area contributed by atoms with Crippen molar-refractivity contribution in [1.29, 1.82) is 5.41 Å². The Bertz CT molecular complexity index is 101. The zero-order valence-electron chi connectivity index (χ0n) is 3.62. The van der Waals surface area contributed by atoms with Crippen molar-refractivity contribution in [2.75, 3.05) is 0 Å². The molecule has 0 aliphatic carbocycles. The summed E-state index contributed by atoms with van der Waals surface area (Å²) in [4.78, 5) is 8.35. The molecule has 0 radical (unpaired) electrons. The van der Waals surface area contributed by atoms with Crippen LogP contribution in [0.4, 0.5) is 0 Å². The highest BCUT2D eigenvalue weighted by Crippen LogP contribution is 2.05. The first-order chi connectivity index (χ1) is 3.68. The molecule has 0 spiro atoms. The summed E-state index contributed by atoms with van der Waals surface area (Å²) in [7, 11) is 0. The topological polar surface area (TPSA) is 40.9 Å². The summed E-state index contributed by atoms with van der Waals surface area (Å²) in [5.41, 5.74) is 1.09. The van der Waals surface area contributed by atoms with Crippen LogP contribution in [-0.2, 0) is 4.79 Å². The SMILES string of the molecule is ClC=C(Cl)Cl.N=C=O. The third kappa shape index (κ3) is 37.7. The molecular formula is C3H2Cl3NO. The molecule has 0 aromatic carbocycles. The summed E-state index contributed by atoms with van der Waals surface area (Å²) in [6, 6.07) is 0. The molecule has 0 unspecified atom stereocenters. The monoisotopic (exact) mass is 173 g/mol. The van der Waals surface area contributed by atoms with Crippen molar-refractivity contribution >= 4 is 40.9 Å². The Hall–Kier alpha value is -0.0100. The summed E-state index contributed by atoms with van der Waals surface area (Å²) in [6.45, 7) is 0. The number of isocyanates is 1. The van der Waals surface area contributed by atoms with Crippen LogP contribution in [-0.4, -0.2) is 6.08 Å². The average molecular weight is 174 g/mol. The number of halogens is 3. The molecule has 2 nitrogen and oxygen atoms in total. The number of carbonyl (C=O) groups excluding carboxylic acids is 1. The molecule has 0 aliphatic heterocycles. The standard InChI is InChI=1S/C2HCl3.CHNO/c3-1-2(4)5;2-1-3/h1H;2H. The van der Waals surface area contributed by atoms with E-state index in [4.69, 9.17) is 45.0 Å². The van der Waals surface area contributed by atoms with E-state index in [9.17, 15) is 0 Å². The molecule has 0 rings (SSSR count). The molecule has 0 aromatic heterocycles. The lowest BCUT2D eigenvalue weighted by molar-refractivity contribution is 0.563. The number of nitrogens with one attached hydrogen (secondary N) is 1. The Kier molecular flexibility index (Phi) is 13.7. The van der Waals surface area contributed by atoms with Gasteiger partial charge >= 0.3 is 0 Å². The molecule has 0 fully saturated rings. The average Bonchev–Trinajstić information content (AvgIpc) is 1.69. The van der Waals surface area contributed by atoms with E-state index in [2.05, 4.69) is 0 Å². The molecule has 0 aromatic rings. The van der Waals surface area contributed by atoms with E-state index in [0.29, 0.717) is 0 Å². The van der Waals surface area contributed by atoms with Crippen LogP contribution in [0.15, 0.2) is 10.0 Å². The number of rotatable bonds is 0. The van der Waals surface area contributed by atoms with Crippen LogP contribution in [0.1, 0.15) is 0 Å². The fourth-order valence-electron chi connectivity index (χ4n) is 0. The summed E-state index contributed by atoms with van der Waals surface area (Å²) >= 11 is 14.8. The van der Waals surface area contributed by atoms with Crippen molar-refractivity contribution in [2.24, 2.45) is 0 Å². The molecular weight excluding hydrogens is 172 g/mol. The fraction of sp³-hybridized carbons (Fsp3) is 0. The van der Waals surface area contributed by atoms with Crippen molar-refractivity contribution < 1.29 is 4.79 Å². The van der Waals surface area contributed by atoms with Crippen LogP contribution in [0.25, 0.3) is 0 Å². The first-order valence-electron chi connectivity index (χ1n) is 1.34. The molecule has 0 bridgehead atoms. The van der Waals surface area contributed by atoms with Gasteiger partial charge in [0.1, 0.15) is 4.49 Å². The highest BCUT2D eigenvalue weighted by molar-refractivity contribution is 6.58. The van der Waals surface area contributed by atoms with Gasteiger partial charge in [-0.2, -0.15) is 0 Å². The van der Waals surface area contributed by atoms with Crippen molar-refractivity contribution in [2.45, 2.75) is 0 Å². The van der Waals surface area contributed by atoms with Gasteiger partial charge in [0.25, 0.3) is 0 Å². The summed E-state index contributed by atoms with van der Waals surface area (Å²) in [5, 5.41) is 5.40. The fourth-order valence-corrected chi connectivity index (χ4v) is 0. The van der Waals surface area contributed by atoms with Crippen molar-refractivity contribution in [3.63, 3.8) is 0 Å². The zero-order chi connectivity index (χ0) is 6.99. The third-order valence-electron chi connectivity index (χ3n) is 0.0825. The van der Waals surface area contributed by atoms with Gasteiger partial charge in [-0.1, -0.05) is 34.8 Å². The lowest BCUT2D eigenvalue weighted by Gasteiger charge is -1.64. The van der Waals surface area contributed by atoms with Crippen LogP contribution >= 0.6 is 34.8 Å². The van der Waals surface area contributed by atoms with Gasteiger partial charge in [0, 0.05) is 5.54 Å². The van der Waals surface area contributed by atoms with Crippen LogP contribution in [0.2, 0.25) is 0 Å². The molecule has 0 saturated heterocycles. The van der Waals surface area contributed by atoms with Gasteiger partial charge < -0.3 is 0 Å². The van der Waals surface area contributed by atoms with E-state index in [1.807, 2.05) is 0 Å². The molecule has 0 saturated carbocycles. The van der Waals surface area contributed by atoms with Gasteiger partial charge in [0.2, 0.25) is 6.08 Å². The summed E-state index contributed by atoms with van der Waals surface area (Å²) in [5.74, 6) is 0. The number of hydrogen-bond acceptors (Lipinski definition) is 2. The predicted octanol–water partition coefficient (Wildman–Crippen LogP) is 2.40. The minimum absolute atomic E-state index is 0.0895. The maximum absolute atomic E-state index is 8.35. The molecule has 0 heterocycles. The number of hydrogen-bond donors (Lipinski definition) is 1. The van der Waals surface area contributed by atoms with Crippen molar-refractivity contribution in [3.05, 3.63) is 10.0 Å². The first kappa shape index (κ1) is 10.9. The van der Waals surface area contributed by atoms with Gasteiger partial charge in [0.05, 0.1) is 0 Å². The van der Waals surface area contributed by atoms with Crippen LogP contribution in [0.3, 0.4) is 0 Å². The Morgan fingerprint density at radius 2 is 1.75 bits per heavy atom. The molecule has 0 atom stereocenters. The third-order valence-corrected chi connectivity index (χ3v) is 0.742. The van der Waals surface area contributed by atoms with E-state index in [-0.39, 0.29) is 4.49 Å². The largest absolute Gasteiger partial charge is 0.231 e. The van der Waals surface area contributed by atoms with Crippen molar-refractivity contribution in [3.8, 4) is 0 Å². The quantitative estimate of drug-likeness (QED) is 0.445. The lowest BCUT2D eigenvalue weighted by atomic mass is 11.2. The van der Waals surface area contributed by atoms with Gasteiger partial charge in [-0.25, -0.2) is 10.2 Å². The second-order valence-corrected chi connectivity index (χ2v) is 1.73. The van der Waals surface area contributed by atoms with E-state index in [0.717, 1.165) is 11.6 Å². The molecule has 46 valence electrons. The Labute approximate surface area is 61.5 Å². The van der Waals surface area contributed by atoms with E-state index in [1.54, 1.807) is 0 Å². The highest BCUT2D eigenvalue weighted by atomic mass is 35.5. The van der Waals surface area contributed by atoms with Gasteiger partial charge in [-0.15, -0.1) is 0 Å². The maximum Gasteiger partial charge on any atom is 0.231 e. The second-order valence-electron chi connectivity index (χ2n) is 0.501. The molecule has 8 heavy (non-hydrogen) atoms. The zero-order valence-corrected chi connectivity index (χ0v) is 5.89. The normalized spacial score (nSPS) is 5.38. The maximum atomic E-state index is 8.35. The molecule has 1 N–H and O–H groups in total. The van der Waals surface area contributed by atoms with E-state index < -0.39 is 0 Å². The van der Waals surface area contributed by atoms with Crippen LogP contribution in [0, 0.1) is 5.41 Å². The molecule has 0 aliphatic rings. The van der Waals surface area contributed by atoms with Gasteiger partial charge in [-0.05, 0) is 0 Å².